The van der Waals surface area contributed by atoms with Gasteiger partial charge in [0.2, 0.25) is 5.91 Å². The van der Waals surface area contributed by atoms with Crippen molar-refractivity contribution in [2.75, 3.05) is 43.0 Å². The van der Waals surface area contributed by atoms with Crippen LogP contribution in [0, 0.1) is 0 Å². The maximum absolute atomic E-state index is 13.0. The van der Waals surface area contributed by atoms with Crippen LogP contribution in [0.3, 0.4) is 0 Å². The monoisotopic (exact) mass is 445 g/mol. The molecule has 8 nitrogen and oxygen atoms in total. The summed E-state index contributed by atoms with van der Waals surface area (Å²) >= 11 is 0. The molecule has 2 aromatic carbocycles. The molecule has 0 aliphatic carbocycles. The molecule has 9 heteroatoms. The van der Waals surface area contributed by atoms with Crippen LogP contribution in [0.2, 0.25) is 0 Å². The Morgan fingerprint density at radius 3 is 2.29 bits per heavy atom. The Bertz CT molecular complexity index is 1080. The second-order valence-corrected chi connectivity index (χ2v) is 9.57. The first-order valence-electron chi connectivity index (χ1n) is 10.2. The number of nitrogens with zero attached hydrogens (tertiary/aromatic N) is 3. The minimum absolute atomic E-state index is 0.0208. The first-order valence-corrected chi connectivity index (χ1v) is 11.6. The predicted molar refractivity (Wildman–Crippen MR) is 119 cm³/mol. The summed E-state index contributed by atoms with van der Waals surface area (Å²) in [6, 6.07) is 12.6. The van der Waals surface area contributed by atoms with Crippen LogP contribution in [-0.2, 0) is 21.4 Å². The first-order chi connectivity index (χ1) is 14.9. The van der Waals surface area contributed by atoms with Gasteiger partial charge in [-0.15, -0.1) is 0 Å². The Kier molecular flexibility index (Phi) is 5.70. The standard InChI is InChI=1S/C22H27N3O5S/c1-23-18-6-4-5-7-19(18)25(31(23,27)28)17-10-12-24(13-11-17)22(26)15-16-8-9-20(29-2)21(14-16)30-3/h4-9,14,17H,10-13,15H2,1-3H3. The number of carbonyl (C=O) groups excluding carboxylic acids is 1. The molecular weight excluding hydrogens is 418 g/mol. The summed E-state index contributed by atoms with van der Waals surface area (Å²) in [5, 5.41) is 0. The van der Waals surface area contributed by atoms with E-state index in [0.29, 0.717) is 48.8 Å². The normalized spacial score (nSPS) is 18.1. The van der Waals surface area contributed by atoms with Gasteiger partial charge >= 0.3 is 10.2 Å². The summed E-state index contributed by atoms with van der Waals surface area (Å²) in [5.74, 6) is 1.23. The van der Waals surface area contributed by atoms with Gasteiger partial charge in [-0.25, -0.2) is 4.31 Å². The molecule has 166 valence electrons. The number of para-hydroxylation sites is 2. The van der Waals surface area contributed by atoms with Crippen LogP contribution in [0.15, 0.2) is 42.5 Å². The van der Waals surface area contributed by atoms with E-state index in [0.717, 1.165) is 5.56 Å². The molecule has 0 spiro atoms. The lowest BCUT2D eigenvalue weighted by Crippen LogP contribution is -2.49. The Balaban J connectivity index is 1.43. The van der Waals surface area contributed by atoms with Gasteiger partial charge in [0.1, 0.15) is 0 Å². The highest BCUT2D eigenvalue weighted by Gasteiger charge is 2.43. The highest BCUT2D eigenvalue weighted by Crippen LogP contribution is 2.42. The lowest BCUT2D eigenvalue weighted by molar-refractivity contribution is -0.131. The van der Waals surface area contributed by atoms with Gasteiger partial charge in [0.15, 0.2) is 11.5 Å². The molecule has 0 unspecified atom stereocenters. The fourth-order valence-electron chi connectivity index (χ4n) is 4.31. The van der Waals surface area contributed by atoms with E-state index in [9.17, 15) is 13.2 Å². The molecular formula is C22H27N3O5S. The van der Waals surface area contributed by atoms with Crippen LogP contribution in [0.4, 0.5) is 11.4 Å². The lowest BCUT2D eigenvalue weighted by atomic mass is 10.0. The molecule has 0 N–H and O–H groups in total. The van der Waals surface area contributed by atoms with Crippen LogP contribution in [0.5, 0.6) is 11.5 Å². The zero-order valence-corrected chi connectivity index (χ0v) is 18.8. The highest BCUT2D eigenvalue weighted by molar-refractivity contribution is 7.94. The van der Waals surface area contributed by atoms with Crippen LogP contribution in [-0.4, -0.2) is 59.6 Å². The number of rotatable bonds is 5. The van der Waals surface area contributed by atoms with Crippen LogP contribution >= 0.6 is 0 Å². The van der Waals surface area contributed by atoms with Crippen LogP contribution in [0.25, 0.3) is 0 Å². The van der Waals surface area contributed by atoms with Crippen molar-refractivity contribution in [3.63, 3.8) is 0 Å². The second kappa shape index (κ2) is 8.30. The molecule has 31 heavy (non-hydrogen) atoms. The summed E-state index contributed by atoms with van der Waals surface area (Å²) in [6.45, 7) is 1.05. The summed E-state index contributed by atoms with van der Waals surface area (Å²) in [5.41, 5.74) is 2.25. The molecule has 0 aromatic heterocycles. The van der Waals surface area contributed by atoms with Crippen molar-refractivity contribution >= 4 is 27.5 Å². The maximum atomic E-state index is 13.0. The molecule has 4 rings (SSSR count). The molecule has 0 radical (unpaired) electrons. The van der Waals surface area contributed by atoms with E-state index >= 15 is 0 Å². The fraction of sp³-hybridized carbons (Fsp3) is 0.409. The number of hydrogen-bond acceptors (Lipinski definition) is 5. The van der Waals surface area contributed by atoms with Gasteiger partial charge in [-0.1, -0.05) is 18.2 Å². The molecule has 1 amide bonds. The smallest absolute Gasteiger partial charge is 0.326 e. The molecule has 0 bridgehead atoms. The number of anilines is 2. The number of amides is 1. The van der Waals surface area contributed by atoms with Gasteiger partial charge in [0.05, 0.1) is 38.1 Å². The second-order valence-electron chi connectivity index (χ2n) is 7.74. The van der Waals surface area contributed by atoms with E-state index in [1.54, 1.807) is 27.3 Å². The van der Waals surface area contributed by atoms with Crippen molar-refractivity contribution in [3.05, 3.63) is 48.0 Å². The van der Waals surface area contributed by atoms with Gasteiger partial charge in [0.25, 0.3) is 0 Å². The van der Waals surface area contributed by atoms with Crippen molar-refractivity contribution in [1.29, 1.82) is 0 Å². The molecule has 2 aliphatic heterocycles. The van der Waals surface area contributed by atoms with E-state index in [4.69, 9.17) is 9.47 Å². The summed E-state index contributed by atoms with van der Waals surface area (Å²) in [6.07, 6.45) is 1.46. The number of benzene rings is 2. The van der Waals surface area contributed by atoms with Crippen molar-refractivity contribution in [2.45, 2.75) is 25.3 Å². The number of carbonyl (C=O) groups is 1. The van der Waals surface area contributed by atoms with E-state index < -0.39 is 10.2 Å². The fourth-order valence-corrected chi connectivity index (χ4v) is 5.97. The number of likely N-dealkylation sites (tertiary alicyclic amines) is 1. The number of methoxy groups -OCH3 is 2. The zero-order valence-electron chi connectivity index (χ0n) is 17.9. The molecule has 0 atom stereocenters. The summed E-state index contributed by atoms with van der Waals surface area (Å²) in [7, 11) is 1.13. The van der Waals surface area contributed by atoms with Gasteiger partial charge < -0.3 is 14.4 Å². The topological polar surface area (TPSA) is 79.4 Å². The largest absolute Gasteiger partial charge is 0.493 e. The van der Waals surface area contributed by atoms with Crippen LogP contribution < -0.4 is 18.1 Å². The van der Waals surface area contributed by atoms with Crippen molar-refractivity contribution in [2.24, 2.45) is 0 Å². The third-order valence-electron chi connectivity index (χ3n) is 6.01. The molecule has 2 aromatic rings. The first kappa shape index (κ1) is 21.3. The minimum atomic E-state index is -3.59. The molecule has 1 fully saturated rings. The molecule has 0 saturated carbocycles. The van der Waals surface area contributed by atoms with E-state index in [1.807, 2.05) is 41.3 Å². The number of hydrogen-bond donors (Lipinski definition) is 0. The van der Waals surface area contributed by atoms with Crippen molar-refractivity contribution in [3.8, 4) is 11.5 Å². The van der Waals surface area contributed by atoms with Gasteiger partial charge in [-0.2, -0.15) is 8.42 Å². The quantitative estimate of drug-likeness (QED) is 0.706. The molecule has 2 aliphatic rings. The highest BCUT2D eigenvalue weighted by atomic mass is 32.2. The number of piperidine rings is 1. The summed E-state index contributed by atoms with van der Waals surface area (Å²) in [4.78, 5) is 14.7. The van der Waals surface area contributed by atoms with E-state index in [1.165, 1.54) is 8.61 Å². The maximum Gasteiger partial charge on any atom is 0.326 e. The Hall–Kier alpha value is -2.94. The van der Waals surface area contributed by atoms with Crippen molar-refractivity contribution < 1.29 is 22.7 Å². The lowest BCUT2D eigenvalue weighted by Gasteiger charge is -2.37. The zero-order chi connectivity index (χ0) is 22.2. The predicted octanol–water partition coefficient (Wildman–Crippen LogP) is 2.44. The van der Waals surface area contributed by atoms with Gasteiger partial charge in [-0.05, 0) is 42.7 Å². The summed E-state index contributed by atoms with van der Waals surface area (Å²) < 4.78 is 39.4. The van der Waals surface area contributed by atoms with Crippen molar-refractivity contribution in [1.82, 2.24) is 4.90 Å². The van der Waals surface area contributed by atoms with Gasteiger partial charge in [-0.3, -0.25) is 9.10 Å². The minimum Gasteiger partial charge on any atom is -0.493 e. The molecule has 1 saturated heterocycles. The van der Waals surface area contributed by atoms with Gasteiger partial charge in [0, 0.05) is 20.1 Å². The molecule has 2 heterocycles. The van der Waals surface area contributed by atoms with E-state index in [-0.39, 0.29) is 18.4 Å². The average molecular weight is 446 g/mol. The third-order valence-corrected chi connectivity index (χ3v) is 7.89. The number of fused-ring (bicyclic) bond motifs is 1. The number of ether oxygens (including phenoxy) is 2. The average Bonchev–Trinajstić information content (AvgIpc) is 2.99. The van der Waals surface area contributed by atoms with E-state index in [2.05, 4.69) is 0 Å². The Labute approximate surface area is 183 Å². The Morgan fingerprint density at radius 2 is 1.65 bits per heavy atom. The third kappa shape index (κ3) is 3.78. The Morgan fingerprint density at radius 1 is 1.00 bits per heavy atom. The van der Waals surface area contributed by atoms with Crippen LogP contribution in [0.1, 0.15) is 18.4 Å². The SMILES string of the molecule is COc1ccc(CC(=O)N2CCC(N3c4ccccc4N(C)S3(=O)=O)CC2)cc1OC.